The number of ketones is 1. The first-order valence-corrected chi connectivity index (χ1v) is 11.1. The van der Waals surface area contributed by atoms with E-state index in [9.17, 15) is 14.0 Å². The second-order valence-electron chi connectivity index (χ2n) is 7.87. The van der Waals surface area contributed by atoms with Gasteiger partial charge in [0.2, 0.25) is 24.3 Å². The van der Waals surface area contributed by atoms with E-state index in [1.165, 1.54) is 31.6 Å². The van der Waals surface area contributed by atoms with Crippen LogP contribution in [0.15, 0.2) is 61.1 Å². The summed E-state index contributed by atoms with van der Waals surface area (Å²) >= 11 is 0. The van der Waals surface area contributed by atoms with Crippen LogP contribution >= 0.6 is 0 Å². The van der Waals surface area contributed by atoms with Crippen LogP contribution in [0.1, 0.15) is 33.5 Å². The van der Waals surface area contributed by atoms with Crippen molar-refractivity contribution < 1.29 is 32.9 Å². The lowest BCUT2D eigenvalue weighted by Crippen LogP contribution is -2.25. The van der Waals surface area contributed by atoms with Gasteiger partial charge in [-0.05, 0) is 37.3 Å². The first kappa shape index (κ1) is 23.7. The minimum absolute atomic E-state index is 0.0459. The molecule has 2 N–H and O–H groups in total. The van der Waals surface area contributed by atoms with E-state index < -0.39 is 23.6 Å². The van der Waals surface area contributed by atoms with Crippen molar-refractivity contribution in [1.82, 2.24) is 25.5 Å². The summed E-state index contributed by atoms with van der Waals surface area (Å²) in [5, 5.41) is 9.86. The van der Waals surface area contributed by atoms with Gasteiger partial charge >= 0.3 is 0 Å². The first-order valence-electron chi connectivity index (χ1n) is 11.1. The molecule has 2 aromatic carbocycles. The molecule has 3 heterocycles. The number of H-pyrrole nitrogens is 1. The van der Waals surface area contributed by atoms with Crippen LogP contribution in [-0.4, -0.2) is 44.8 Å². The summed E-state index contributed by atoms with van der Waals surface area (Å²) in [7, 11) is 0. The number of carbonyl (C=O) groups is 2. The third kappa shape index (κ3) is 5.32. The molecule has 11 nitrogen and oxygen atoms in total. The van der Waals surface area contributed by atoms with Gasteiger partial charge in [-0.2, -0.15) is 0 Å². The topological polar surface area (TPSA) is 138 Å². The normalized spacial score (nSPS) is 12.6. The molecule has 1 amide bonds. The Morgan fingerprint density at radius 3 is 2.78 bits per heavy atom. The molecule has 12 heteroatoms. The number of nitrogens with one attached hydrogen (secondary N) is 2. The smallest absolute Gasteiger partial charge is 0.257 e. The fraction of sp³-hybridized carbons (Fsp3) is 0.160. The molecule has 188 valence electrons. The van der Waals surface area contributed by atoms with Gasteiger partial charge in [-0.15, -0.1) is 10.2 Å². The molecule has 0 saturated carbocycles. The lowest BCUT2D eigenvalue weighted by Gasteiger charge is -2.14. The van der Waals surface area contributed by atoms with Crippen molar-refractivity contribution in [2.45, 2.75) is 19.6 Å². The van der Waals surface area contributed by atoms with Crippen molar-refractivity contribution in [3.05, 3.63) is 83.8 Å². The lowest BCUT2D eigenvalue weighted by atomic mass is 10.2. The fourth-order valence-electron chi connectivity index (χ4n) is 3.49. The average Bonchev–Trinajstić information content (AvgIpc) is 3.60. The monoisotopic (exact) mass is 505 g/mol. The number of aromatic nitrogens is 4. The van der Waals surface area contributed by atoms with Crippen molar-refractivity contribution in [3.63, 3.8) is 0 Å². The molecule has 1 aliphatic heterocycles. The number of nitrogens with zero attached hydrogens (tertiary/aromatic N) is 3. The van der Waals surface area contributed by atoms with Gasteiger partial charge in [0.15, 0.2) is 17.6 Å². The zero-order chi connectivity index (χ0) is 25.8. The number of fused-ring (bicyclic) bond motifs is 1. The number of Topliss-reactive ketones (excluding diaryl/α,β-unsaturated/α-hetero) is 1. The molecule has 0 spiro atoms. The number of hydrogen-bond acceptors (Lipinski definition) is 9. The van der Waals surface area contributed by atoms with E-state index in [4.69, 9.17) is 18.9 Å². The number of aromatic amines is 1. The standard InChI is InChI=1S/C25H20FN5O6/c1-14(22(32)23-29-12-30-31-23)36-16-5-4-15(19(26)9-16)11-28-24(33)18-3-2-8-27-25(18)37-17-6-7-20-21(10-17)35-13-34-20/h2-10,12,14H,11,13H2,1H3,(H,28,33)(H,29,30,31). The number of carbonyl (C=O) groups excluding carboxylic acids is 2. The highest BCUT2D eigenvalue weighted by molar-refractivity contribution is 5.96. The maximum absolute atomic E-state index is 14.7. The van der Waals surface area contributed by atoms with Crippen LogP contribution in [0, 0.1) is 5.82 Å². The Hall–Kier alpha value is -5.00. The number of hydrogen-bond donors (Lipinski definition) is 2. The number of halogens is 1. The zero-order valence-corrected chi connectivity index (χ0v) is 19.4. The number of pyridine rings is 1. The van der Waals surface area contributed by atoms with Crippen LogP contribution in [0.4, 0.5) is 4.39 Å². The van der Waals surface area contributed by atoms with Crippen molar-refractivity contribution in [2.24, 2.45) is 0 Å². The Kier molecular flexibility index (Phi) is 6.62. The van der Waals surface area contributed by atoms with Gasteiger partial charge in [0.05, 0.1) is 0 Å². The van der Waals surface area contributed by atoms with E-state index in [1.807, 2.05) is 0 Å². The number of rotatable bonds is 9. The SMILES string of the molecule is CC(Oc1ccc(CNC(=O)c2cccnc2Oc2ccc3c(c2)OCO3)c(F)c1)C(=O)c1nnc[nH]1. The fourth-order valence-corrected chi connectivity index (χ4v) is 3.49. The van der Waals surface area contributed by atoms with Gasteiger partial charge in [-0.1, -0.05) is 6.07 Å². The molecule has 0 saturated heterocycles. The van der Waals surface area contributed by atoms with Crippen molar-refractivity contribution in [2.75, 3.05) is 6.79 Å². The van der Waals surface area contributed by atoms with E-state index in [2.05, 4.69) is 25.5 Å². The number of benzene rings is 2. The molecule has 1 atom stereocenters. The molecular weight excluding hydrogens is 485 g/mol. The summed E-state index contributed by atoms with van der Waals surface area (Å²) in [6.07, 6.45) is 1.86. The lowest BCUT2D eigenvalue weighted by molar-refractivity contribution is 0.0806. The molecule has 0 aliphatic carbocycles. The van der Waals surface area contributed by atoms with Gasteiger partial charge in [0.25, 0.3) is 5.91 Å². The van der Waals surface area contributed by atoms with E-state index in [0.29, 0.717) is 17.2 Å². The molecule has 5 rings (SSSR count). The molecule has 1 unspecified atom stereocenters. The second kappa shape index (κ2) is 10.3. The Morgan fingerprint density at radius 1 is 1.14 bits per heavy atom. The minimum Gasteiger partial charge on any atom is -0.482 e. The maximum Gasteiger partial charge on any atom is 0.257 e. The maximum atomic E-state index is 14.7. The van der Waals surface area contributed by atoms with E-state index in [1.54, 1.807) is 30.3 Å². The third-order valence-corrected chi connectivity index (χ3v) is 5.37. The summed E-state index contributed by atoms with van der Waals surface area (Å²) in [4.78, 5) is 31.8. The average molecular weight is 505 g/mol. The molecule has 0 bridgehead atoms. The van der Waals surface area contributed by atoms with E-state index >= 15 is 0 Å². The summed E-state index contributed by atoms with van der Waals surface area (Å²) in [5.41, 5.74) is 0.386. The van der Waals surface area contributed by atoms with Crippen molar-refractivity contribution in [1.29, 1.82) is 0 Å². The highest BCUT2D eigenvalue weighted by Crippen LogP contribution is 2.36. The predicted octanol–water partition coefficient (Wildman–Crippen LogP) is 3.44. The van der Waals surface area contributed by atoms with Crippen LogP contribution in [-0.2, 0) is 6.54 Å². The predicted molar refractivity (Wildman–Crippen MR) is 125 cm³/mol. The van der Waals surface area contributed by atoms with Crippen molar-refractivity contribution in [3.8, 4) is 28.9 Å². The summed E-state index contributed by atoms with van der Waals surface area (Å²) in [6.45, 7) is 1.55. The summed E-state index contributed by atoms with van der Waals surface area (Å²) < 4.78 is 36.6. The van der Waals surface area contributed by atoms with Crippen LogP contribution in [0.5, 0.6) is 28.9 Å². The van der Waals surface area contributed by atoms with Crippen LogP contribution in [0.3, 0.4) is 0 Å². The van der Waals surface area contributed by atoms with E-state index in [0.717, 1.165) is 6.07 Å². The molecular formula is C25H20FN5O6. The van der Waals surface area contributed by atoms with Gasteiger partial charge in [0, 0.05) is 30.4 Å². The summed E-state index contributed by atoms with van der Waals surface area (Å²) in [5.74, 6) is 0.270. The number of ether oxygens (including phenoxy) is 4. The van der Waals surface area contributed by atoms with Gasteiger partial charge < -0.3 is 29.2 Å². The molecule has 0 radical (unpaired) electrons. The van der Waals surface area contributed by atoms with Gasteiger partial charge in [0.1, 0.15) is 29.2 Å². The molecule has 1 aliphatic rings. The van der Waals surface area contributed by atoms with Crippen LogP contribution in [0.2, 0.25) is 0 Å². The van der Waals surface area contributed by atoms with E-state index in [-0.39, 0.29) is 41.9 Å². The largest absolute Gasteiger partial charge is 0.482 e. The molecule has 37 heavy (non-hydrogen) atoms. The Labute approximate surface area is 209 Å². The summed E-state index contributed by atoms with van der Waals surface area (Å²) in [6, 6.07) is 12.3. The van der Waals surface area contributed by atoms with Gasteiger partial charge in [-0.25, -0.2) is 9.37 Å². The van der Waals surface area contributed by atoms with Crippen molar-refractivity contribution >= 4 is 11.7 Å². The first-order chi connectivity index (χ1) is 18.0. The second-order valence-corrected chi connectivity index (χ2v) is 7.87. The van der Waals surface area contributed by atoms with Gasteiger partial charge in [-0.3, -0.25) is 9.59 Å². The Balaban J connectivity index is 1.22. The molecule has 4 aromatic rings. The molecule has 2 aromatic heterocycles. The molecule has 0 fully saturated rings. The quantitative estimate of drug-likeness (QED) is 0.328. The highest BCUT2D eigenvalue weighted by atomic mass is 19.1. The van der Waals surface area contributed by atoms with Crippen LogP contribution < -0.4 is 24.3 Å². The number of amides is 1. The Bertz CT molecular complexity index is 1450. The Morgan fingerprint density at radius 2 is 1.97 bits per heavy atom. The highest BCUT2D eigenvalue weighted by Gasteiger charge is 2.21. The zero-order valence-electron chi connectivity index (χ0n) is 19.4. The van der Waals surface area contributed by atoms with Crippen LogP contribution in [0.25, 0.3) is 0 Å². The minimum atomic E-state index is -0.910. The third-order valence-electron chi connectivity index (χ3n) is 5.37.